The lowest BCUT2D eigenvalue weighted by Gasteiger charge is -2.41. The van der Waals surface area contributed by atoms with Crippen LogP contribution in [0.25, 0.3) is 11.1 Å². The first-order chi connectivity index (χ1) is 13.2. The van der Waals surface area contributed by atoms with Crippen LogP contribution in [-0.2, 0) is 6.61 Å². The molecule has 0 spiro atoms. The van der Waals surface area contributed by atoms with Crippen LogP contribution in [0.2, 0.25) is 0 Å². The summed E-state index contributed by atoms with van der Waals surface area (Å²) < 4.78 is 0. The minimum absolute atomic E-state index is 0.0964. The van der Waals surface area contributed by atoms with Crippen LogP contribution in [0.5, 0.6) is 5.75 Å². The summed E-state index contributed by atoms with van der Waals surface area (Å²) >= 11 is 0. The Bertz CT molecular complexity index is 815. The number of amides is 1. The molecule has 1 heterocycles. The smallest absolute Gasteiger partial charge is 0.253 e. The molecule has 4 nitrogen and oxygen atoms in total. The molecular formula is C23H27NO3. The Morgan fingerprint density at radius 2 is 1.67 bits per heavy atom. The van der Waals surface area contributed by atoms with E-state index in [1.807, 2.05) is 35.2 Å². The Hall–Kier alpha value is -2.33. The number of benzene rings is 2. The van der Waals surface area contributed by atoms with Crippen LogP contribution < -0.4 is 0 Å². The number of hydrogen-bond donors (Lipinski definition) is 2. The molecule has 2 N–H and O–H groups in total. The van der Waals surface area contributed by atoms with Gasteiger partial charge < -0.3 is 15.1 Å². The minimum atomic E-state index is -0.201. The summed E-state index contributed by atoms with van der Waals surface area (Å²) in [6.45, 7) is 1.58. The molecule has 27 heavy (non-hydrogen) atoms. The second-order valence-corrected chi connectivity index (χ2v) is 7.92. The number of nitrogens with zero attached hydrogens (tertiary/aromatic N) is 1. The van der Waals surface area contributed by atoms with Crippen molar-refractivity contribution in [2.45, 2.75) is 38.7 Å². The fourth-order valence-electron chi connectivity index (χ4n) is 4.66. The van der Waals surface area contributed by atoms with E-state index in [0.29, 0.717) is 11.5 Å². The van der Waals surface area contributed by atoms with Crippen LogP contribution in [0.3, 0.4) is 0 Å². The lowest BCUT2D eigenvalue weighted by molar-refractivity contribution is 0.0521. The second kappa shape index (κ2) is 7.73. The highest BCUT2D eigenvalue weighted by Crippen LogP contribution is 2.36. The van der Waals surface area contributed by atoms with Crippen LogP contribution in [0.4, 0.5) is 0 Å². The molecule has 1 aliphatic heterocycles. The Kier molecular flexibility index (Phi) is 5.17. The molecule has 1 aliphatic carbocycles. The van der Waals surface area contributed by atoms with Gasteiger partial charge in [-0.25, -0.2) is 0 Å². The number of fused-ring (bicyclic) bond motifs is 1. The molecular weight excluding hydrogens is 338 g/mol. The predicted molar refractivity (Wildman–Crippen MR) is 105 cm³/mol. The zero-order chi connectivity index (χ0) is 18.8. The second-order valence-electron chi connectivity index (χ2n) is 7.92. The van der Waals surface area contributed by atoms with Gasteiger partial charge in [0, 0.05) is 24.2 Å². The van der Waals surface area contributed by atoms with Crippen molar-refractivity contribution in [3.63, 3.8) is 0 Å². The molecule has 2 fully saturated rings. The van der Waals surface area contributed by atoms with Gasteiger partial charge >= 0.3 is 0 Å². The quantitative estimate of drug-likeness (QED) is 0.857. The number of carbonyl (C=O) groups is 1. The first kappa shape index (κ1) is 18.1. The summed E-state index contributed by atoms with van der Waals surface area (Å²) in [6.07, 6.45) is 6.41. The zero-order valence-electron chi connectivity index (χ0n) is 15.6. The van der Waals surface area contributed by atoms with Gasteiger partial charge in [-0.3, -0.25) is 4.79 Å². The van der Waals surface area contributed by atoms with Crippen LogP contribution in [0.1, 0.15) is 48.0 Å². The summed E-state index contributed by atoms with van der Waals surface area (Å²) in [5, 5.41) is 19.0. The number of carbonyl (C=O) groups excluding carboxylic acids is 1. The number of likely N-dealkylation sites (tertiary alicyclic amines) is 1. The molecule has 1 saturated carbocycles. The number of phenols is 1. The Morgan fingerprint density at radius 1 is 0.963 bits per heavy atom. The third-order valence-corrected chi connectivity index (χ3v) is 6.29. The zero-order valence-corrected chi connectivity index (χ0v) is 15.6. The fraction of sp³-hybridized carbons (Fsp3) is 0.435. The molecule has 1 saturated heterocycles. The third-order valence-electron chi connectivity index (χ3n) is 6.29. The van der Waals surface area contributed by atoms with Crippen molar-refractivity contribution < 1.29 is 15.0 Å². The maximum Gasteiger partial charge on any atom is 0.253 e. The summed E-state index contributed by atoms with van der Waals surface area (Å²) in [5.41, 5.74) is 3.11. The molecule has 2 atom stereocenters. The molecule has 2 aromatic carbocycles. The lowest BCUT2D eigenvalue weighted by Crippen LogP contribution is -2.44. The third kappa shape index (κ3) is 3.72. The average molecular weight is 365 g/mol. The molecule has 0 unspecified atom stereocenters. The van der Waals surface area contributed by atoms with Crippen molar-refractivity contribution in [1.82, 2.24) is 4.90 Å². The molecule has 2 aromatic rings. The molecule has 0 radical (unpaired) electrons. The van der Waals surface area contributed by atoms with Gasteiger partial charge in [-0.15, -0.1) is 0 Å². The van der Waals surface area contributed by atoms with E-state index in [4.69, 9.17) is 0 Å². The van der Waals surface area contributed by atoms with Crippen LogP contribution in [-0.4, -0.2) is 34.1 Å². The summed E-state index contributed by atoms with van der Waals surface area (Å²) in [6, 6.07) is 12.8. The van der Waals surface area contributed by atoms with Gasteiger partial charge in [-0.05, 0) is 60.1 Å². The van der Waals surface area contributed by atoms with E-state index >= 15 is 0 Å². The first-order valence-electron chi connectivity index (χ1n) is 9.98. The molecule has 4 heteroatoms. The number of aliphatic hydroxyl groups excluding tert-OH is 1. The number of hydrogen-bond acceptors (Lipinski definition) is 3. The Labute approximate surface area is 160 Å². The van der Waals surface area contributed by atoms with E-state index in [2.05, 4.69) is 0 Å². The standard InChI is InChI=1S/C23H27NO3/c25-15-21-13-19(9-10-22(21)26)17-5-7-18(8-6-17)23(27)24-12-11-16-3-1-2-4-20(16)14-24/h5-10,13,16,20,25-26H,1-4,11-12,14-15H2/t16-,20-/m0/s1. The molecule has 1 amide bonds. The topological polar surface area (TPSA) is 60.8 Å². The highest BCUT2D eigenvalue weighted by molar-refractivity contribution is 5.94. The SMILES string of the molecule is O=C(c1ccc(-c2ccc(O)c(CO)c2)cc1)N1CC[C@@H]2CCCC[C@H]2C1. The highest BCUT2D eigenvalue weighted by Gasteiger charge is 2.33. The van der Waals surface area contributed by atoms with Crippen molar-refractivity contribution >= 4 is 5.91 Å². The van der Waals surface area contributed by atoms with Crippen LogP contribution in [0, 0.1) is 11.8 Å². The van der Waals surface area contributed by atoms with Crippen LogP contribution >= 0.6 is 0 Å². The number of aromatic hydroxyl groups is 1. The summed E-state index contributed by atoms with van der Waals surface area (Å²) in [7, 11) is 0. The van der Waals surface area contributed by atoms with E-state index in [0.717, 1.165) is 42.1 Å². The van der Waals surface area contributed by atoms with Gasteiger partial charge in [0.2, 0.25) is 0 Å². The summed E-state index contributed by atoms with van der Waals surface area (Å²) in [4.78, 5) is 15.0. The predicted octanol–water partition coefficient (Wildman–Crippen LogP) is 4.20. The van der Waals surface area contributed by atoms with Crippen molar-refractivity contribution in [2.75, 3.05) is 13.1 Å². The molecule has 4 rings (SSSR count). The monoisotopic (exact) mass is 365 g/mol. The maximum atomic E-state index is 12.9. The largest absolute Gasteiger partial charge is 0.508 e. The summed E-state index contributed by atoms with van der Waals surface area (Å²) in [5.74, 6) is 1.73. The molecule has 2 aliphatic rings. The Morgan fingerprint density at radius 3 is 2.41 bits per heavy atom. The lowest BCUT2D eigenvalue weighted by atomic mass is 9.75. The van der Waals surface area contributed by atoms with Gasteiger partial charge in [0.15, 0.2) is 0 Å². The van der Waals surface area contributed by atoms with E-state index < -0.39 is 0 Å². The minimum Gasteiger partial charge on any atom is -0.508 e. The van der Waals surface area contributed by atoms with Gasteiger partial charge in [-0.2, -0.15) is 0 Å². The Balaban J connectivity index is 1.48. The van der Waals surface area contributed by atoms with Crippen molar-refractivity contribution in [2.24, 2.45) is 11.8 Å². The van der Waals surface area contributed by atoms with E-state index in [1.165, 1.54) is 25.7 Å². The normalized spacial score (nSPS) is 22.3. The number of aliphatic hydroxyl groups is 1. The molecule has 142 valence electrons. The van der Waals surface area contributed by atoms with E-state index in [9.17, 15) is 15.0 Å². The first-order valence-corrected chi connectivity index (χ1v) is 9.98. The average Bonchev–Trinajstić information content (AvgIpc) is 2.73. The van der Waals surface area contributed by atoms with Gasteiger partial charge in [0.05, 0.1) is 6.61 Å². The highest BCUT2D eigenvalue weighted by atomic mass is 16.3. The van der Waals surface area contributed by atoms with Crippen molar-refractivity contribution in [1.29, 1.82) is 0 Å². The van der Waals surface area contributed by atoms with E-state index in [-0.39, 0.29) is 18.3 Å². The van der Waals surface area contributed by atoms with Crippen molar-refractivity contribution in [3.05, 3.63) is 53.6 Å². The van der Waals surface area contributed by atoms with Gasteiger partial charge in [0.25, 0.3) is 5.91 Å². The van der Waals surface area contributed by atoms with Gasteiger partial charge in [-0.1, -0.05) is 37.5 Å². The van der Waals surface area contributed by atoms with Crippen LogP contribution in [0.15, 0.2) is 42.5 Å². The molecule has 0 bridgehead atoms. The number of rotatable bonds is 3. The van der Waals surface area contributed by atoms with E-state index in [1.54, 1.807) is 12.1 Å². The van der Waals surface area contributed by atoms with Crippen molar-refractivity contribution in [3.8, 4) is 16.9 Å². The molecule has 0 aromatic heterocycles. The van der Waals surface area contributed by atoms with Gasteiger partial charge in [0.1, 0.15) is 5.75 Å². The maximum absolute atomic E-state index is 12.9. The fourth-order valence-corrected chi connectivity index (χ4v) is 4.66. The number of piperidine rings is 1.